The standard InChI is InChI=1S/C26H23BrN4O3S/c1-17-8-6-7-11-21(17)29-24(32)15-34-25-20(27)12-18(13-23(25)33-2)14-28-31-26-30-22(16-35-26)19-9-4-3-5-10-19/h3-14,16H,15H2,1-2H3,(H,29,32)(H,30,31). The minimum atomic E-state index is -0.263. The van der Waals surface area contributed by atoms with E-state index >= 15 is 0 Å². The summed E-state index contributed by atoms with van der Waals surface area (Å²) in [4.78, 5) is 16.9. The topological polar surface area (TPSA) is 84.8 Å². The van der Waals surface area contributed by atoms with Gasteiger partial charge >= 0.3 is 0 Å². The molecular formula is C26H23BrN4O3S. The molecule has 1 heterocycles. The van der Waals surface area contributed by atoms with E-state index in [4.69, 9.17) is 9.47 Å². The zero-order chi connectivity index (χ0) is 24.6. The van der Waals surface area contributed by atoms with Crippen molar-refractivity contribution < 1.29 is 14.3 Å². The molecule has 1 amide bonds. The third-order valence-corrected chi connectivity index (χ3v) is 6.30. The lowest BCUT2D eigenvalue weighted by Crippen LogP contribution is -2.21. The molecule has 3 aromatic carbocycles. The van der Waals surface area contributed by atoms with Gasteiger partial charge in [0.2, 0.25) is 5.13 Å². The van der Waals surface area contributed by atoms with Gasteiger partial charge in [-0.15, -0.1) is 11.3 Å². The first-order valence-corrected chi connectivity index (χ1v) is 12.4. The lowest BCUT2D eigenvalue weighted by molar-refractivity contribution is -0.118. The van der Waals surface area contributed by atoms with Gasteiger partial charge in [0.15, 0.2) is 18.1 Å². The van der Waals surface area contributed by atoms with Crippen molar-refractivity contribution in [2.75, 3.05) is 24.5 Å². The second-order valence-corrected chi connectivity index (χ2v) is 9.17. The van der Waals surface area contributed by atoms with E-state index in [1.54, 1.807) is 19.4 Å². The van der Waals surface area contributed by atoms with Crippen LogP contribution in [0, 0.1) is 6.92 Å². The maximum atomic E-state index is 12.4. The van der Waals surface area contributed by atoms with Crippen molar-refractivity contribution in [1.29, 1.82) is 0 Å². The minimum Gasteiger partial charge on any atom is -0.493 e. The molecule has 4 aromatic rings. The Hall–Kier alpha value is -3.69. The van der Waals surface area contributed by atoms with Crippen LogP contribution in [0.25, 0.3) is 11.3 Å². The normalized spacial score (nSPS) is 10.8. The first-order valence-electron chi connectivity index (χ1n) is 10.7. The second kappa shape index (κ2) is 11.6. The molecule has 0 unspecified atom stereocenters. The van der Waals surface area contributed by atoms with E-state index in [1.807, 2.05) is 73.0 Å². The molecule has 0 spiro atoms. The van der Waals surface area contributed by atoms with Gasteiger partial charge in [-0.25, -0.2) is 4.98 Å². The number of halogens is 1. The second-order valence-electron chi connectivity index (χ2n) is 7.46. The molecule has 0 radical (unpaired) electrons. The number of methoxy groups -OCH3 is 1. The van der Waals surface area contributed by atoms with Gasteiger partial charge in [-0.1, -0.05) is 48.5 Å². The molecule has 0 fully saturated rings. The third-order valence-electron chi connectivity index (χ3n) is 4.97. The number of hydrazone groups is 1. The largest absolute Gasteiger partial charge is 0.493 e. The first kappa shape index (κ1) is 24.4. The van der Waals surface area contributed by atoms with Gasteiger partial charge in [-0.05, 0) is 52.2 Å². The van der Waals surface area contributed by atoms with Crippen LogP contribution in [0.1, 0.15) is 11.1 Å². The highest BCUT2D eigenvalue weighted by molar-refractivity contribution is 9.10. The maximum absolute atomic E-state index is 12.4. The van der Waals surface area contributed by atoms with E-state index in [2.05, 4.69) is 36.8 Å². The summed E-state index contributed by atoms with van der Waals surface area (Å²) in [6.07, 6.45) is 1.66. The van der Waals surface area contributed by atoms with Gasteiger partial charge in [0.1, 0.15) is 0 Å². The number of benzene rings is 3. The van der Waals surface area contributed by atoms with Crippen molar-refractivity contribution >= 4 is 50.2 Å². The van der Waals surface area contributed by atoms with Crippen LogP contribution in [0.2, 0.25) is 0 Å². The van der Waals surface area contributed by atoms with Crippen LogP contribution in [-0.2, 0) is 4.79 Å². The molecule has 1 aromatic heterocycles. The van der Waals surface area contributed by atoms with E-state index in [9.17, 15) is 4.79 Å². The Morgan fingerprint density at radius 2 is 1.91 bits per heavy atom. The summed E-state index contributed by atoms with van der Waals surface area (Å²) in [7, 11) is 1.54. The number of carbonyl (C=O) groups excluding carboxylic acids is 1. The maximum Gasteiger partial charge on any atom is 0.262 e. The fraction of sp³-hybridized carbons (Fsp3) is 0.115. The van der Waals surface area contributed by atoms with Gasteiger partial charge in [0.25, 0.3) is 5.91 Å². The van der Waals surface area contributed by atoms with Gasteiger partial charge < -0.3 is 14.8 Å². The number of hydrogen-bond donors (Lipinski definition) is 2. The number of thiazole rings is 1. The number of para-hydroxylation sites is 1. The van der Waals surface area contributed by atoms with E-state index in [1.165, 1.54) is 11.3 Å². The van der Waals surface area contributed by atoms with Crippen LogP contribution in [0.15, 0.2) is 81.7 Å². The van der Waals surface area contributed by atoms with Gasteiger partial charge in [-0.2, -0.15) is 5.10 Å². The SMILES string of the molecule is COc1cc(C=NNc2nc(-c3ccccc3)cs2)cc(Br)c1OCC(=O)Nc1ccccc1C. The van der Waals surface area contributed by atoms with Crippen molar-refractivity contribution in [1.82, 2.24) is 4.98 Å². The Labute approximate surface area is 216 Å². The average Bonchev–Trinajstić information content (AvgIpc) is 3.34. The Morgan fingerprint density at radius 3 is 2.69 bits per heavy atom. The summed E-state index contributed by atoms with van der Waals surface area (Å²) in [6.45, 7) is 1.77. The van der Waals surface area contributed by atoms with E-state index in [0.717, 1.165) is 28.1 Å². The van der Waals surface area contributed by atoms with E-state index < -0.39 is 0 Å². The van der Waals surface area contributed by atoms with Crippen LogP contribution in [-0.4, -0.2) is 30.8 Å². The van der Waals surface area contributed by atoms with Crippen molar-refractivity contribution in [2.24, 2.45) is 5.10 Å². The summed E-state index contributed by atoms with van der Waals surface area (Å²) >= 11 is 4.98. The van der Waals surface area contributed by atoms with Crippen molar-refractivity contribution in [2.45, 2.75) is 6.92 Å². The number of aryl methyl sites for hydroxylation is 1. The highest BCUT2D eigenvalue weighted by Crippen LogP contribution is 2.36. The zero-order valence-corrected chi connectivity index (χ0v) is 21.5. The number of rotatable bonds is 9. The lowest BCUT2D eigenvalue weighted by Gasteiger charge is -2.14. The molecule has 0 saturated carbocycles. The summed E-state index contributed by atoms with van der Waals surface area (Å²) in [6, 6.07) is 21.2. The van der Waals surface area contributed by atoms with Gasteiger partial charge in [-0.3, -0.25) is 10.2 Å². The highest BCUT2D eigenvalue weighted by Gasteiger charge is 2.14. The Bertz CT molecular complexity index is 1340. The average molecular weight is 551 g/mol. The summed E-state index contributed by atoms with van der Waals surface area (Å²) in [5, 5.41) is 9.80. The number of anilines is 2. The van der Waals surface area contributed by atoms with E-state index in [0.29, 0.717) is 21.1 Å². The molecule has 2 N–H and O–H groups in total. The lowest BCUT2D eigenvalue weighted by atomic mass is 10.2. The fourth-order valence-corrected chi connectivity index (χ4v) is 4.46. The van der Waals surface area contributed by atoms with Gasteiger partial charge in [0, 0.05) is 16.6 Å². The fourth-order valence-electron chi connectivity index (χ4n) is 3.22. The molecule has 0 atom stereocenters. The number of aromatic nitrogens is 1. The number of nitrogens with zero attached hydrogens (tertiary/aromatic N) is 2. The number of ether oxygens (including phenoxy) is 2. The summed E-state index contributed by atoms with van der Waals surface area (Å²) in [5.74, 6) is 0.650. The minimum absolute atomic E-state index is 0.161. The molecule has 0 aliphatic rings. The van der Waals surface area contributed by atoms with Crippen LogP contribution in [0.4, 0.5) is 10.8 Å². The van der Waals surface area contributed by atoms with Gasteiger partial charge in [0.05, 0.1) is 23.5 Å². The Balaban J connectivity index is 1.38. The number of amides is 1. The van der Waals surface area contributed by atoms with Crippen molar-refractivity contribution in [3.05, 3.63) is 87.7 Å². The van der Waals surface area contributed by atoms with Crippen LogP contribution in [0.5, 0.6) is 11.5 Å². The van der Waals surface area contributed by atoms with Crippen LogP contribution in [0.3, 0.4) is 0 Å². The molecule has 0 aliphatic carbocycles. The Kier molecular flexibility index (Phi) is 8.12. The first-order chi connectivity index (χ1) is 17.0. The number of nitrogens with one attached hydrogen (secondary N) is 2. The van der Waals surface area contributed by atoms with Crippen molar-refractivity contribution in [3.8, 4) is 22.8 Å². The summed E-state index contributed by atoms with van der Waals surface area (Å²) in [5.41, 5.74) is 7.41. The molecule has 0 saturated heterocycles. The van der Waals surface area contributed by atoms with Crippen molar-refractivity contribution in [3.63, 3.8) is 0 Å². The van der Waals surface area contributed by atoms with E-state index in [-0.39, 0.29) is 12.5 Å². The third kappa shape index (κ3) is 6.46. The number of hydrogen-bond acceptors (Lipinski definition) is 7. The Morgan fingerprint density at radius 1 is 1.14 bits per heavy atom. The molecule has 9 heteroatoms. The number of carbonyl (C=O) groups is 1. The monoisotopic (exact) mass is 550 g/mol. The van der Waals surface area contributed by atoms with Crippen LogP contribution >= 0.6 is 27.3 Å². The predicted molar refractivity (Wildman–Crippen MR) is 145 cm³/mol. The molecule has 7 nitrogen and oxygen atoms in total. The predicted octanol–water partition coefficient (Wildman–Crippen LogP) is 6.35. The molecule has 0 aliphatic heterocycles. The highest BCUT2D eigenvalue weighted by atomic mass is 79.9. The zero-order valence-electron chi connectivity index (χ0n) is 19.1. The molecular weight excluding hydrogens is 528 g/mol. The molecule has 35 heavy (non-hydrogen) atoms. The van der Waals surface area contributed by atoms with Crippen LogP contribution < -0.4 is 20.2 Å². The quantitative estimate of drug-likeness (QED) is 0.187. The molecule has 0 bridgehead atoms. The molecule has 4 rings (SSSR count). The smallest absolute Gasteiger partial charge is 0.262 e. The summed E-state index contributed by atoms with van der Waals surface area (Å²) < 4.78 is 11.9. The molecule has 178 valence electrons.